The highest BCUT2D eigenvalue weighted by Crippen LogP contribution is 2.25. The summed E-state index contributed by atoms with van der Waals surface area (Å²) in [6.07, 6.45) is 0.781. The molecule has 2 heterocycles. The van der Waals surface area contributed by atoms with Crippen molar-refractivity contribution in [2.75, 3.05) is 5.32 Å². The number of hydrogen-bond donors (Lipinski definition) is 1. The molecule has 23 heavy (non-hydrogen) atoms. The van der Waals surface area contributed by atoms with Gasteiger partial charge in [-0.1, -0.05) is 36.0 Å². The molecule has 3 aromatic rings. The summed E-state index contributed by atoms with van der Waals surface area (Å²) in [5.41, 5.74) is 1.14. The molecule has 0 aliphatic heterocycles. The van der Waals surface area contributed by atoms with Crippen molar-refractivity contribution in [1.29, 1.82) is 0 Å². The van der Waals surface area contributed by atoms with Crippen LogP contribution in [0.4, 0.5) is 5.13 Å². The van der Waals surface area contributed by atoms with E-state index in [2.05, 4.69) is 15.5 Å². The molecular weight excluding hydrogens is 314 g/mol. The van der Waals surface area contributed by atoms with E-state index in [1.54, 1.807) is 12.1 Å². The van der Waals surface area contributed by atoms with E-state index in [-0.39, 0.29) is 17.6 Å². The first-order valence-corrected chi connectivity index (χ1v) is 7.94. The molecule has 1 N–H and O–H groups in total. The Morgan fingerprint density at radius 1 is 1.22 bits per heavy atom. The van der Waals surface area contributed by atoms with Crippen molar-refractivity contribution in [2.24, 2.45) is 0 Å². The molecular formula is C16H15N3O3S. The molecule has 6 nitrogen and oxygen atoms in total. The standard InChI is InChI=1S/C16H15N3O3S/c1-3-13-18-19-16(23-13)17-15(20)12-8-9-14(22-12)21-11-6-4-10(2)5-7-11/h4-9H,3H2,1-2H3,(H,17,19,20). The van der Waals surface area contributed by atoms with Crippen LogP contribution in [0.3, 0.4) is 0 Å². The zero-order chi connectivity index (χ0) is 16.2. The SMILES string of the molecule is CCc1nnc(NC(=O)c2ccc(Oc3ccc(C)cc3)o2)s1. The van der Waals surface area contributed by atoms with Crippen LogP contribution in [0.2, 0.25) is 0 Å². The van der Waals surface area contributed by atoms with Crippen LogP contribution in [0.25, 0.3) is 0 Å². The van der Waals surface area contributed by atoms with Crippen molar-refractivity contribution < 1.29 is 13.9 Å². The number of benzene rings is 1. The number of nitrogens with zero attached hydrogens (tertiary/aromatic N) is 2. The molecule has 1 aromatic carbocycles. The summed E-state index contributed by atoms with van der Waals surface area (Å²) >= 11 is 1.34. The predicted molar refractivity (Wildman–Crippen MR) is 87.2 cm³/mol. The van der Waals surface area contributed by atoms with E-state index in [0.29, 0.717) is 10.9 Å². The third kappa shape index (κ3) is 3.75. The second-order valence-corrected chi connectivity index (χ2v) is 5.90. The maximum Gasteiger partial charge on any atom is 0.293 e. The number of rotatable bonds is 5. The summed E-state index contributed by atoms with van der Waals surface area (Å²) in [5.74, 6) is 0.669. The lowest BCUT2D eigenvalue weighted by atomic mass is 10.2. The Bertz CT molecular complexity index is 808. The van der Waals surface area contributed by atoms with E-state index >= 15 is 0 Å². The molecule has 0 saturated carbocycles. The molecule has 1 amide bonds. The second kappa shape index (κ2) is 6.62. The minimum atomic E-state index is -0.387. The zero-order valence-electron chi connectivity index (χ0n) is 12.7. The molecule has 0 saturated heterocycles. The average molecular weight is 329 g/mol. The van der Waals surface area contributed by atoms with Crippen LogP contribution < -0.4 is 10.1 Å². The highest BCUT2D eigenvalue weighted by molar-refractivity contribution is 7.15. The van der Waals surface area contributed by atoms with Crippen LogP contribution in [0.15, 0.2) is 40.8 Å². The minimum Gasteiger partial charge on any atom is -0.426 e. The van der Waals surface area contributed by atoms with E-state index in [1.807, 2.05) is 38.1 Å². The lowest BCUT2D eigenvalue weighted by Crippen LogP contribution is -2.10. The van der Waals surface area contributed by atoms with Gasteiger partial charge in [-0.25, -0.2) is 0 Å². The molecule has 0 spiro atoms. The fraction of sp³-hybridized carbons (Fsp3) is 0.188. The molecule has 0 bridgehead atoms. The monoisotopic (exact) mass is 329 g/mol. The minimum absolute atomic E-state index is 0.153. The van der Waals surface area contributed by atoms with E-state index in [9.17, 15) is 4.79 Å². The number of ether oxygens (including phenoxy) is 1. The molecule has 0 aliphatic carbocycles. The Kier molecular flexibility index (Phi) is 4.38. The summed E-state index contributed by atoms with van der Waals surface area (Å²) in [6, 6.07) is 10.7. The Hall–Kier alpha value is -2.67. The summed E-state index contributed by atoms with van der Waals surface area (Å²) < 4.78 is 11.0. The van der Waals surface area contributed by atoms with E-state index in [1.165, 1.54) is 11.3 Å². The van der Waals surface area contributed by atoms with Gasteiger partial charge in [-0.3, -0.25) is 10.1 Å². The quantitative estimate of drug-likeness (QED) is 0.764. The smallest absolute Gasteiger partial charge is 0.293 e. The molecule has 0 aliphatic rings. The fourth-order valence-electron chi connectivity index (χ4n) is 1.83. The molecule has 7 heteroatoms. The van der Waals surface area contributed by atoms with Crippen molar-refractivity contribution >= 4 is 22.4 Å². The molecule has 2 aromatic heterocycles. The van der Waals surface area contributed by atoms with Crippen LogP contribution in [-0.4, -0.2) is 16.1 Å². The van der Waals surface area contributed by atoms with Crippen molar-refractivity contribution in [2.45, 2.75) is 20.3 Å². The highest BCUT2D eigenvalue weighted by atomic mass is 32.1. The topological polar surface area (TPSA) is 77.2 Å². The highest BCUT2D eigenvalue weighted by Gasteiger charge is 2.14. The van der Waals surface area contributed by atoms with Gasteiger partial charge in [0.1, 0.15) is 10.8 Å². The third-order valence-corrected chi connectivity index (χ3v) is 4.02. The number of furan rings is 1. The van der Waals surface area contributed by atoms with Crippen molar-refractivity contribution in [3.05, 3.63) is 52.7 Å². The number of nitrogens with one attached hydrogen (secondary N) is 1. The fourth-order valence-corrected chi connectivity index (χ4v) is 2.50. The van der Waals surface area contributed by atoms with Crippen LogP contribution in [0.1, 0.15) is 28.0 Å². The normalized spacial score (nSPS) is 10.5. The number of carbonyl (C=O) groups is 1. The number of amides is 1. The number of anilines is 1. The Balaban J connectivity index is 1.66. The van der Waals surface area contributed by atoms with Gasteiger partial charge in [0.25, 0.3) is 11.9 Å². The van der Waals surface area contributed by atoms with Gasteiger partial charge in [-0.05, 0) is 31.5 Å². The van der Waals surface area contributed by atoms with Gasteiger partial charge >= 0.3 is 0 Å². The third-order valence-electron chi connectivity index (χ3n) is 3.03. The van der Waals surface area contributed by atoms with Gasteiger partial charge in [-0.2, -0.15) is 0 Å². The maximum absolute atomic E-state index is 12.1. The van der Waals surface area contributed by atoms with Gasteiger partial charge in [0, 0.05) is 6.07 Å². The molecule has 0 fully saturated rings. The maximum atomic E-state index is 12.1. The van der Waals surface area contributed by atoms with E-state index < -0.39 is 0 Å². The Morgan fingerprint density at radius 3 is 2.70 bits per heavy atom. The molecule has 0 radical (unpaired) electrons. The van der Waals surface area contributed by atoms with Crippen LogP contribution in [0.5, 0.6) is 11.7 Å². The van der Waals surface area contributed by atoms with Gasteiger partial charge in [-0.15, -0.1) is 10.2 Å². The Morgan fingerprint density at radius 2 is 2.00 bits per heavy atom. The summed E-state index contributed by atoms with van der Waals surface area (Å²) in [5, 5.41) is 11.8. The zero-order valence-corrected chi connectivity index (χ0v) is 13.5. The molecule has 0 unspecified atom stereocenters. The summed E-state index contributed by atoms with van der Waals surface area (Å²) in [4.78, 5) is 12.1. The molecule has 3 rings (SSSR count). The second-order valence-electron chi connectivity index (χ2n) is 4.84. The largest absolute Gasteiger partial charge is 0.426 e. The molecule has 0 atom stereocenters. The van der Waals surface area contributed by atoms with E-state index in [0.717, 1.165) is 17.0 Å². The van der Waals surface area contributed by atoms with Gasteiger partial charge in [0.15, 0.2) is 5.76 Å². The predicted octanol–water partition coefficient (Wildman–Crippen LogP) is 4.05. The first-order valence-electron chi connectivity index (χ1n) is 7.12. The van der Waals surface area contributed by atoms with Crippen molar-refractivity contribution in [3.8, 4) is 11.7 Å². The summed E-state index contributed by atoms with van der Waals surface area (Å²) in [7, 11) is 0. The molecule has 118 valence electrons. The number of aryl methyl sites for hydroxylation is 2. The number of carbonyl (C=O) groups excluding carboxylic acids is 1. The lowest BCUT2D eigenvalue weighted by molar-refractivity contribution is 0.0991. The van der Waals surface area contributed by atoms with Crippen LogP contribution in [0, 0.1) is 6.92 Å². The number of hydrogen-bond acceptors (Lipinski definition) is 6. The average Bonchev–Trinajstić information content (AvgIpc) is 3.19. The number of aromatic nitrogens is 2. The van der Waals surface area contributed by atoms with Crippen molar-refractivity contribution in [1.82, 2.24) is 10.2 Å². The van der Waals surface area contributed by atoms with E-state index in [4.69, 9.17) is 9.15 Å². The van der Waals surface area contributed by atoms with Crippen LogP contribution in [-0.2, 0) is 6.42 Å². The first kappa shape index (κ1) is 15.2. The summed E-state index contributed by atoms with van der Waals surface area (Å²) in [6.45, 7) is 3.98. The van der Waals surface area contributed by atoms with Gasteiger partial charge < -0.3 is 9.15 Å². The van der Waals surface area contributed by atoms with Gasteiger partial charge in [0.05, 0.1) is 0 Å². The first-order chi connectivity index (χ1) is 11.1. The van der Waals surface area contributed by atoms with Gasteiger partial charge in [0.2, 0.25) is 5.13 Å². The van der Waals surface area contributed by atoms with Crippen LogP contribution >= 0.6 is 11.3 Å². The Labute approximate surface area is 137 Å². The lowest BCUT2D eigenvalue weighted by Gasteiger charge is -2.02. The van der Waals surface area contributed by atoms with Crippen molar-refractivity contribution in [3.63, 3.8) is 0 Å².